The molecule has 6 heteroatoms. The van der Waals surface area contributed by atoms with Crippen molar-refractivity contribution in [2.24, 2.45) is 5.92 Å². The van der Waals surface area contributed by atoms with Gasteiger partial charge >= 0.3 is 12.0 Å². The number of carboxylic acids is 1. The Labute approximate surface area is 118 Å². The number of aryl methyl sites for hydroxylation is 1. The van der Waals surface area contributed by atoms with Crippen LogP contribution in [0.25, 0.3) is 0 Å². The molecule has 0 bridgehead atoms. The van der Waals surface area contributed by atoms with Crippen molar-refractivity contribution < 1.29 is 19.1 Å². The van der Waals surface area contributed by atoms with Crippen LogP contribution in [0, 0.1) is 12.8 Å². The predicted octanol–water partition coefficient (Wildman–Crippen LogP) is 2.47. The third-order valence-corrected chi connectivity index (χ3v) is 2.87. The SMILES string of the molecule is CCN(CC(C)C)C(=O)NCc1cc(C(=O)O)c(C)o1. The number of carboxylic acid groups (broad SMARTS) is 1. The number of hydrogen-bond acceptors (Lipinski definition) is 3. The van der Waals surface area contributed by atoms with E-state index in [1.165, 1.54) is 6.07 Å². The monoisotopic (exact) mass is 282 g/mol. The minimum Gasteiger partial charge on any atom is -0.478 e. The summed E-state index contributed by atoms with van der Waals surface area (Å²) in [5, 5.41) is 11.7. The van der Waals surface area contributed by atoms with Gasteiger partial charge in [0.1, 0.15) is 17.1 Å². The molecule has 0 atom stereocenters. The van der Waals surface area contributed by atoms with Crippen molar-refractivity contribution >= 4 is 12.0 Å². The van der Waals surface area contributed by atoms with E-state index < -0.39 is 5.97 Å². The first-order chi connectivity index (χ1) is 9.35. The molecule has 0 unspecified atom stereocenters. The van der Waals surface area contributed by atoms with Crippen molar-refractivity contribution in [3.05, 3.63) is 23.2 Å². The highest BCUT2D eigenvalue weighted by atomic mass is 16.4. The number of urea groups is 1. The van der Waals surface area contributed by atoms with Crippen molar-refractivity contribution in [1.82, 2.24) is 10.2 Å². The van der Waals surface area contributed by atoms with Crippen molar-refractivity contribution in [2.45, 2.75) is 34.2 Å². The number of aromatic carboxylic acids is 1. The number of rotatable bonds is 6. The molecule has 6 nitrogen and oxygen atoms in total. The molecule has 0 spiro atoms. The summed E-state index contributed by atoms with van der Waals surface area (Å²) in [6.45, 7) is 9.09. The van der Waals surface area contributed by atoms with E-state index in [4.69, 9.17) is 9.52 Å². The summed E-state index contributed by atoms with van der Waals surface area (Å²) in [6.07, 6.45) is 0. The van der Waals surface area contributed by atoms with Crippen LogP contribution in [-0.4, -0.2) is 35.1 Å². The number of carbonyl (C=O) groups is 2. The van der Waals surface area contributed by atoms with Crippen LogP contribution in [0.15, 0.2) is 10.5 Å². The lowest BCUT2D eigenvalue weighted by Crippen LogP contribution is -2.41. The number of hydrogen-bond donors (Lipinski definition) is 2. The molecule has 0 fully saturated rings. The Bertz CT molecular complexity index is 480. The number of carbonyl (C=O) groups excluding carboxylic acids is 1. The zero-order chi connectivity index (χ0) is 15.3. The maximum atomic E-state index is 12.0. The summed E-state index contributed by atoms with van der Waals surface area (Å²) in [4.78, 5) is 24.6. The lowest BCUT2D eigenvalue weighted by atomic mass is 10.2. The molecule has 0 saturated carbocycles. The van der Waals surface area contributed by atoms with E-state index in [0.717, 1.165) is 0 Å². The molecular formula is C14H22N2O4. The van der Waals surface area contributed by atoms with E-state index in [1.807, 2.05) is 20.8 Å². The maximum Gasteiger partial charge on any atom is 0.339 e. The fourth-order valence-electron chi connectivity index (χ4n) is 1.91. The van der Waals surface area contributed by atoms with Gasteiger partial charge in [-0.05, 0) is 25.8 Å². The van der Waals surface area contributed by atoms with Crippen LogP contribution in [0.2, 0.25) is 0 Å². The Balaban J connectivity index is 2.60. The van der Waals surface area contributed by atoms with Gasteiger partial charge in [0.2, 0.25) is 0 Å². The van der Waals surface area contributed by atoms with Crippen LogP contribution in [0.1, 0.15) is 42.6 Å². The summed E-state index contributed by atoms with van der Waals surface area (Å²) >= 11 is 0. The van der Waals surface area contributed by atoms with Crippen LogP contribution in [0.3, 0.4) is 0 Å². The zero-order valence-corrected chi connectivity index (χ0v) is 12.4. The summed E-state index contributed by atoms with van der Waals surface area (Å²) in [7, 11) is 0. The number of nitrogens with one attached hydrogen (secondary N) is 1. The van der Waals surface area contributed by atoms with Gasteiger partial charge in [-0.15, -0.1) is 0 Å². The first-order valence-corrected chi connectivity index (χ1v) is 6.70. The lowest BCUT2D eigenvalue weighted by Gasteiger charge is -2.22. The molecule has 2 N–H and O–H groups in total. The maximum absolute atomic E-state index is 12.0. The van der Waals surface area contributed by atoms with Gasteiger partial charge in [0.05, 0.1) is 6.54 Å². The minimum atomic E-state index is -1.03. The van der Waals surface area contributed by atoms with Gasteiger partial charge < -0.3 is 19.7 Å². The quantitative estimate of drug-likeness (QED) is 0.839. The molecule has 0 aromatic carbocycles. The van der Waals surface area contributed by atoms with Crippen LogP contribution in [-0.2, 0) is 6.54 Å². The Kier molecular flexibility index (Phi) is 5.61. The van der Waals surface area contributed by atoms with E-state index in [1.54, 1.807) is 11.8 Å². The minimum absolute atomic E-state index is 0.128. The molecule has 0 radical (unpaired) electrons. The van der Waals surface area contributed by atoms with Gasteiger partial charge in [-0.3, -0.25) is 0 Å². The second kappa shape index (κ2) is 6.98. The highest BCUT2D eigenvalue weighted by Crippen LogP contribution is 2.14. The van der Waals surface area contributed by atoms with Crippen molar-refractivity contribution in [2.75, 3.05) is 13.1 Å². The third kappa shape index (κ3) is 4.29. The van der Waals surface area contributed by atoms with E-state index >= 15 is 0 Å². The summed E-state index contributed by atoms with van der Waals surface area (Å²) in [5.41, 5.74) is 0.128. The molecule has 112 valence electrons. The molecule has 1 rings (SSSR count). The predicted molar refractivity (Wildman–Crippen MR) is 74.7 cm³/mol. The van der Waals surface area contributed by atoms with Gasteiger partial charge in [0.15, 0.2) is 0 Å². The fraction of sp³-hybridized carbons (Fsp3) is 0.571. The molecule has 20 heavy (non-hydrogen) atoms. The molecule has 1 heterocycles. The van der Waals surface area contributed by atoms with Crippen LogP contribution < -0.4 is 5.32 Å². The van der Waals surface area contributed by atoms with Gasteiger partial charge in [-0.2, -0.15) is 0 Å². The highest BCUT2D eigenvalue weighted by molar-refractivity contribution is 5.88. The molecule has 1 aromatic rings. The molecule has 0 aliphatic heterocycles. The number of furan rings is 1. The van der Waals surface area contributed by atoms with Gasteiger partial charge in [-0.25, -0.2) is 9.59 Å². The average Bonchev–Trinajstić information content (AvgIpc) is 2.74. The summed E-state index contributed by atoms with van der Waals surface area (Å²) < 4.78 is 5.31. The smallest absolute Gasteiger partial charge is 0.339 e. The van der Waals surface area contributed by atoms with Crippen LogP contribution >= 0.6 is 0 Å². The van der Waals surface area contributed by atoms with E-state index in [-0.39, 0.29) is 18.1 Å². The second-order valence-electron chi connectivity index (χ2n) is 5.08. The molecule has 0 aliphatic rings. The van der Waals surface area contributed by atoms with E-state index in [2.05, 4.69) is 5.32 Å². The summed E-state index contributed by atoms with van der Waals surface area (Å²) in [5.74, 6) is 0.147. The van der Waals surface area contributed by atoms with Gasteiger partial charge in [-0.1, -0.05) is 13.8 Å². The Morgan fingerprint density at radius 3 is 2.55 bits per heavy atom. The average molecular weight is 282 g/mol. The van der Waals surface area contributed by atoms with Crippen LogP contribution in [0.5, 0.6) is 0 Å². The normalized spacial score (nSPS) is 10.7. The number of amides is 2. The van der Waals surface area contributed by atoms with E-state index in [0.29, 0.717) is 30.5 Å². The van der Waals surface area contributed by atoms with Crippen molar-refractivity contribution in [3.8, 4) is 0 Å². The van der Waals surface area contributed by atoms with Gasteiger partial charge in [0, 0.05) is 13.1 Å². The van der Waals surface area contributed by atoms with Gasteiger partial charge in [0.25, 0.3) is 0 Å². The van der Waals surface area contributed by atoms with E-state index in [9.17, 15) is 9.59 Å². The Hall–Kier alpha value is -1.98. The highest BCUT2D eigenvalue weighted by Gasteiger charge is 2.16. The third-order valence-electron chi connectivity index (χ3n) is 2.87. The fourth-order valence-corrected chi connectivity index (χ4v) is 1.91. The Morgan fingerprint density at radius 1 is 1.45 bits per heavy atom. The zero-order valence-electron chi connectivity index (χ0n) is 12.4. The summed E-state index contributed by atoms with van der Waals surface area (Å²) in [6, 6.07) is 1.27. The molecule has 0 aliphatic carbocycles. The molecule has 1 aromatic heterocycles. The van der Waals surface area contributed by atoms with Crippen molar-refractivity contribution in [1.29, 1.82) is 0 Å². The standard InChI is InChI=1S/C14H22N2O4/c1-5-16(8-9(2)3)14(19)15-7-11-6-12(13(17)18)10(4)20-11/h6,9H,5,7-8H2,1-4H3,(H,15,19)(H,17,18). The first kappa shape index (κ1) is 16.1. The topological polar surface area (TPSA) is 82.8 Å². The molecule has 2 amide bonds. The molecule has 0 saturated heterocycles. The van der Waals surface area contributed by atoms with Crippen molar-refractivity contribution in [3.63, 3.8) is 0 Å². The molecular weight excluding hydrogens is 260 g/mol. The first-order valence-electron chi connectivity index (χ1n) is 6.70. The number of nitrogens with zero attached hydrogens (tertiary/aromatic N) is 1. The lowest BCUT2D eigenvalue weighted by molar-refractivity contribution is 0.0695. The second-order valence-corrected chi connectivity index (χ2v) is 5.08. The largest absolute Gasteiger partial charge is 0.478 e. The van der Waals surface area contributed by atoms with Crippen LogP contribution in [0.4, 0.5) is 4.79 Å². The Morgan fingerprint density at radius 2 is 2.10 bits per heavy atom.